The van der Waals surface area contributed by atoms with Gasteiger partial charge >= 0.3 is 0 Å². The number of carbonyl (C=O) groups excluding carboxylic acids is 1. The van der Waals surface area contributed by atoms with Crippen LogP contribution in [0.1, 0.15) is 35.2 Å². The second-order valence-corrected chi connectivity index (χ2v) is 5.99. The molecule has 2 aromatic carbocycles. The summed E-state index contributed by atoms with van der Waals surface area (Å²) in [5.41, 5.74) is 2.48. The summed E-state index contributed by atoms with van der Waals surface area (Å²) < 4.78 is 12.9. The largest absolute Gasteiger partial charge is 0.322 e. The molecule has 0 bridgehead atoms. The van der Waals surface area contributed by atoms with Crippen molar-refractivity contribution < 1.29 is 9.18 Å². The summed E-state index contributed by atoms with van der Waals surface area (Å²) in [7, 11) is 0. The highest BCUT2D eigenvalue weighted by atomic mass is 19.1. The number of aryl methyl sites for hydroxylation is 1. The minimum atomic E-state index is -0.345. The van der Waals surface area contributed by atoms with E-state index in [4.69, 9.17) is 0 Å². The van der Waals surface area contributed by atoms with Crippen LogP contribution in [0, 0.1) is 5.82 Å². The van der Waals surface area contributed by atoms with Gasteiger partial charge in [-0.15, -0.1) is 0 Å². The third kappa shape index (κ3) is 4.39. The first-order valence-electron chi connectivity index (χ1n) is 8.10. The van der Waals surface area contributed by atoms with Crippen molar-refractivity contribution in [3.05, 3.63) is 65.5 Å². The van der Waals surface area contributed by atoms with Crippen LogP contribution in [0.15, 0.2) is 48.5 Å². The van der Waals surface area contributed by atoms with Gasteiger partial charge in [-0.2, -0.15) is 0 Å². The number of amides is 1. The lowest BCUT2D eigenvalue weighted by Gasteiger charge is -2.10. The molecular formula is C19H21FN2O. The SMILES string of the molecule is O=C(Nc1ccc(CCC2CCCN2)cc1)c1ccc(F)cc1. The molecule has 3 nitrogen and oxygen atoms in total. The van der Waals surface area contributed by atoms with Crippen LogP contribution in [-0.2, 0) is 6.42 Å². The van der Waals surface area contributed by atoms with E-state index >= 15 is 0 Å². The van der Waals surface area contributed by atoms with Crippen molar-refractivity contribution in [1.82, 2.24) is 5.32 Å². The first-order chi connectivity index (χ1) is 11.2. The molecule has 1 atom stereocenters. The summed E-state index contributed by atoms with van der Waals surface area (Å²) in [5.74, 6) is -0.574. The second kappa shape index (κ2) is 7.38. The predicted octanol–water partition coefficient (Wildman–Crippen LogP) is 3.76. The molecule has 1 heterocycles. The number of carbonyl (C=O) groups is 1. The van der Waals surface area contributed by atoms with Crippen molar-refractivity contribution in [2.24, 2.45) is 0 Å². The molecule has 1 saturated heterocycles. The van der Waals surface area contributed by atoms with Crippen LogP contribution in [0.3, 0.4) is 0 Å². The average Bonchev–Trinajstić information content (AvgIpc) is 3.08. The fraction of sp³-hybridized carbons (Fsp3) is 0.316. The standard InChI is InChI=1S/C19H21FN2O/c20-16-8-6-15(7-9-16)19(23)22-18-11-4-14(5-12-18)3-10-17-2-1-13-21-17/h4-9,11-12,17,21H,1-3,10,13H2,(H,22,23). The lowest BCUT2D eigenvalue weighted by Crippen LogP contribution is -2.21. The molecule has 0 aliphatic carbocycles. The number of benzene rings is 2. The van der Waals surface area contributed by atoms with Crippen molar-refractivity contribution in [3.8, 4) is 0 Å². The van der Waals surface area contributed by atoms with Crippen molar-refractivity contribution >= 4 is 11.6 Å². The molecule has 120 valence electrons. The van der Waals surface area contributed by atoms with Crippen molar-refractivity contribution in [2.75, 3.05) is 11.9 Å². The lowest BCUT2D eigenvalue weighted by atomic mass is 10.0. The molecule has 1 fully saturated rings. The first kappa shape index (κ1) is 15.7. The van der Waals surface area contributed by atoms with E-state index < -0.39 is 0 Å². The van der Waals surface area contributed by atoms with Gasteiger partial charge in [0.15, 0.2) is 0 Å². The number of hydrogen-bond donors (Lipinski definition) is 2. The summed E-state index contributed by atoms with van der Waals surface area (Å²) >= 11 is 0. The van der Waals surface area contributed by atoms with Crippen molar-refractivity contribution in [1.29, 1.82) is 0 Å². The average molecular weight is 312 g/mol. The van der Waals surface area contributed by atoms with Crippen molar-refractivity contribution in [3.63, 3.8) is 0 Å². The van der Waals surface area contributed by atoms with Crippen LogP contribution >= 0.6 is 0 Å². The molecule has 0 aromatic heterocycles. The summed E-state index contributed by atoms with van der Waals surface area (Å²) in [6, 6.07) is 14.1. The topological polar surface area (TPSA) is 41.1 Å². The summed E-state index contributed by atoms with van der Waals surface area (Å²) in [5, 5.41) is 6.33. The normalized spacial score (nSPS) is 17.2. The zero-order chi connectivity index (χ0) is 16.1. The van der Waals surface area contributed by atoms with Gasteiger partial charge in [0, 0.05) is 17.3 Å². The van der Waals surface area contributed by atoms with Gasteiger partial charge in [-0.3, -0.25) is 4.79 Å². The minimum absolute atomic E-state index is 0.229. The van der Waals surface area contributed by atoms with E-state index in [0.717, 1.165) is 25.1 Å². The Kier molecular flexibility index (Phi) is 5.03. The predicted molar refractivity (Wildman–Crippen MR) is 90.1 cm³/mol. The molecule has 4 heteroatoms. The van der Waals surface area contributed by atoms with Crippen LogP contribution in [0.4, 0.5) is 10.1 Å². The van der Waals surface area contributed by atoms with Crippen molar-refractivity contribution in [2.45, 2.75) is 31.7 Å². The minimum Gasteiger partial charge on any atom is -0.322 e. The fourth-order valence-corrected chi connectivity index (χ4v) is 2.90. The Labute approximate surface area is 135 Å². The Morgan fingerprint density at radius 2 is 1.87 bits per heavy atom. The maximum Gasteiger partial charge on any atom is 0.255 e. The Balaban J connectivity index is 1.54. The maximum atomic E-state index is 12.9. The molecule has 1 amide bonds. The quantitative estimate of drug-likeness (QED) is 0.882. The summed E-state index contributed by atoms with van der Waals surface area (Å²) in [6.45, 7) is 1.14. The highest BCUT2D eigenvalue weighted by Gasteiger charge is 2.13. The highest BCUT2D eigenvalue weighted by Crippen LogP contribution is 2.16. The number of nitrogens with one attached hydrogen (secondary N) is 2. The number of anilines is 1. The zero-order valence-electron chi connectivity index (χ0n) is 13.0. The van der Waals surface area contributed by atoms with Crippen LogP contribution in [-0.4, -0.2) is 18.5 Å². The molecule has 1 aliphatic heterocycles. The van der Waals surface area contributed by atoms with Gasteiger partial charge in [-0.1, -0.05) is 12.1 Å². The van der Waals surface area contributed by atoms with E-state index in [9.17, 15) is 9.18 Å². The molecule has 0 spiro atoms. The fourth-order valence-electron chi connectivity index (χ4n) is 2.90. The van der Waals surface area contributed by atoms with E-state index in [1.165, 1.54) is 42.7 Å². The van der Waals surface area contributed by atoms with Gasteiger partial charge in [0.1, 0.15) is 5.82 Å². The van der Waals surface area contributed by atoms with Gasteiger partial charge in [-0.25, -0.2) is 4.39 Å². The number of rotatable bonds is 5. The van der Waals surface area contributed by atoms with E-state index in [2.05, 4.69) is 22.8 Å². The molecule has 2 N–H and O–H groups in total. The van der Waals surface area contributed by atoms with Gasteiger partial charge in [-0.05, 0) is 74.2 Å². The molecule has 3 rings (SSSR count). The molecule has 0 radical (unpaired) electrons. The summed E-state index contributed by atoms with van der Waals surface area (Å²) in [4.78, 5) is 12.1. The van der Waals surface area contributed by atoms with Crippen LogP contribution in [0.2, 0.25) is 0 Å². The molecule has 1 unspecified atom stereocenters. The second-order valence-electron chi connectivity index (χ2n) is 5.99. The van der Waals surface area contributed by atoms with Crippen LogP contribution in [0.25, 0.3) is 0 Å². The Hall–Kier alpha value is -2.20. The summed E-state index contributed by atoms with van der Waals surface area (Å²) in [6.07, 6.45) is 4.75. The molecule has 1 aliphatic rings. The van der Waals surface area contributed by atoms with E-state index in [1.807, 2.05) is 12.1 Å². The van der Waals surface area contributed by atoms with E-state index in [-0.39, 0.29) is 11.7 Å². The smallest absolute Gasteiger partial charge is 0.255 e. The van der Waals surface area contributed by atoms with Gasteiger partial charge < -0.3 is 10.6 Å². The number of hydrogen-bond acceptors (Lipinski definition) is 2. The number of halogens is 1. The van der Waals surface area contributed by atoms with Crippen LogP contribution in [0.5, 0.6) is 0 Å². The maximum absolute atomic E-state index is 12.9. The monoisotopic (exact) mass is 312 g/mol. The van der Waals surface area contributed by atoms with Gasteiger partial charge in [0.25, 0.3) is 5.91 Å². The highest BCUT2D eigenvalue weighted by molar-refractivity contribution is 6.04. The Morgan fingerprint density at radius 1 is 1.13 bits per heavy atom. The molecular weight excluding hydrogens is 291 g/mol. The third-order valence-electron chi connectivity index (χ3n) is 4.26. The third-order valence-corrected chi connectivity index (χ3v) is 4.26. The first-order valence-corrected chi connectivity index (χ1v) is 8.10. The molecule has 23 heavy (non-hydrogen) atoms. The van der Waals surface area contributed by atoms with E-state index in [1.54, 1.807) is 0 Å². The zero-order valence-corrected chi connectivity index (χ0v) is 13.0. The van der Waals surface area contributed by atoms with Gasteiger partial charge in [0.2, 0.25) is 0 Å². The lowest BCUT2D eigenvalue weighted by molar-refractivity contribution is 0.102. The van der Waals surface area contributed by atoms with E-state index in [0.29, 0.717) is 11.6 Å². The Bertz CT molecular complexity index is 646. The molecule has 0 saturated carbocycles. The molecule has 2 aromatic rings. The van der Waals surface area contributed by atoms with Gasteiger partial charge in [0.05, 0.1) is 0 Å². The Morgan fingerprint density at radius 3 is 2.52 bits per heavy atom. The van der Waals surface area contributed by atoms with Crippen LogP contribution < -0.4 is 10.6 Å².